The molecule has 2 heteroatoms. The molecule has 2 aromatic rings. The van der Waals surface area contributed by atoms with E-state index in [1.165, 1.54) is 36.0 Å². The molecule has 0 fully saturated rings. The van der Waals surface area contributed by atoms with Gasteiger partial charge in [-0.25, -0.2) is 0 Å². The molecule has 1 atom stereocenters. The fourth-order valence-corrected chi connectivity index (χ4v) is 2.89. The Morgan fingerprint density at radius 3 is 2.89 bits per heavy atom. The van der Waals surface area contributed by atoms with Crippen LogP contribution in [0.4, 0.5) is 11.4 Å². The summed E-state index contributed by atoms with van der Waals surface area (Å²) in [5, 5.41) is 3.67. The minimum atomic E-state index is 0.408. The number of nitrogens with one attached hydrogen (secondary N) is 1. The van der Waals surface area contributed by atoms with E-state index in [4.69, 9.17) is 5.73 Å². The molecule has 1 aliphatic carbocycles. The van der Waals surface area contributed by atoms with Gasteiger partial charge in [0.15, 0.2) is 0 Å². The molecular weight excluding hydrogens is 232 g/mol. The van der Waals surface area contributed by atoms with Gasteiger partial charge in [-0.2, -0.15) is 0 Å². The van der Waals surface area contributed by atoms with E-state index in [0.29, 0.717) is 6.04 Å². The van der Waals surface area contributed by atoms with Crippen molar-refractivity contribution < 1.29 is 0 Å². The van der Waals surface area contributed by atoms with Gasteiger partial charge in [-0.15, -0.1) is 0 Å². The van der Waals surface area contributed by atoms with Crippen molar-refractivity contribution in [3.8, 4) is 0 Å². The van der Waals surface area contributed by atoms with Crippen LogP contribution in [-0.2, 0) is 6.42 Å². The number of anilines is 2. The second kappa shape index (κ2) is 4.96. The topological polar surface area (TPSA) is 38.0 Å². The van der Waals surface area contributed by atoms with E-state index in [9.17, 15) is 0 Å². The minimum absolute atomic E-state index is 0.408. The number of nitrogen functional groups attached to an aromatic ring is 1. The molecule has 19 heavy (non-hydrogen) atoms. The largest absolute Gasteiger partial charge is 0.399 e. The first-order valence-corrected chi connectivity index (χ1v) is 6.94. The number of aryl methyl sites for hydroxylation is 2. The zero-order chi connectivity index (χ0) is 13.2. The molecule has 0 bridgehead atoms. The van der Waals surface area contributed by atoms with E-state index in [0.717, 1.165) is 11.4 Å². The average Bonchev–Trinajstić information content (AvgIpc) is 2.43. The number of nitrogens with two attached hydrogens (primary N) is 1. The van der Waals surface area contributed by atoms with Crippen molar-refractivity contribution in [1.82, 2.24) is 0 Å². The molecule has 0 aromatic heterocycles. The van der Waals surface area contributed by atoms with E-state index in [-0.39, 0.29) is 0 Å². The van der Waals surface area contributed by atoms with Crippen molar-refractivity contribution in [2.45, 2.75) is 32.2 Å². The summed E-state index contributed by atoms with van der Waals surface area (Å²) >= 11 is 0. The summed E-state index contributed by atoms with van der Waals surface area (Å²) in [7, 11) is 0. The highest BCUT2D eigenvalue weighted by Crippen LogP contribution is 2.33. The van der Waals surface area contributed by atoms with Gasteiger partial charge in [-0.1, -0.05) is 30.3 Å². The van der Waals surface area contributed by atoms with Gasteiger partial charge in [0, 0.05) is 11.4 Å². The second-order valence-corrected chi connectivity index (χ2v) is 5.36. The lowest BCUT2D eigenvalue weighted by Gasteiger charge is -2.28. The Morgan fingerprint density at radius 1 is 1.16 bits per heavy atom. The third-order valence-corrected chi connectivity index (χ3v) is 3.96. The van der Waals surface area contributed by atoms with E-state index in [1.807, 2.05) is 12.1 Å². The quantitative estimate of drug-likeness (QED) is 0.791. The molecule has 0 heterocycles. The second-order valence-electron chi connectivity index (χ2n) is 5.36. The fourth-order valence-electron chi connectivity index (χ4n) is 2.89. The van der Waals surface area contributed by atoms with Gasteiger partial charge in [0.05, 0.1) is 6.04 Å². The standard InChI is InChI=1S/C17H20N2/c1-12-9-10-14(18)11-17(12)19-16-8-4-6-13-5-2-3-7-15(13)16/h2-3,5,7,9-11,16,19H,4,6,8,18H2,1H3. The van der Waals surface area contributed by atoms with Crippen LogP contribution in [0.15, 0.2) is 42.5 Å². The van der Waals surface area contributed by atoms with Crippen molar-refractivity contribution in [3.63, 3.8) is 0 Å². The van der Waals surface area contributed by atoms with Crippen LogP contribution in [0.2, 0.25) is 0 Å². The smallest absolute Gasteiger partial charge is 0.0516 e. The van der Waals surface area contributed by atoms with Crippen LogP contribution in [0, 0.1) is 6.92 Å². The molecule has 3 N–H and O–H groups in total. The maximum atomic E-state index is 5.89. The summed E-state index contributed by atoms with van der Waals surface area (Å²) in [6, 6.07) is 15.2. The Labute approximate surface area is 114 Å². The van der Waals surface area contributed by atoms with Crippen molar-refractivity contribution in [2.75, 3.05) is 11.1 Å². The zero-order valence-electron chi connectivity index (χ0n) is 11.3. The molecule has 1 unspecified atom stereocenters. The van der Waals surface area contributed by atoms with Crippen molar-refractivity contribution in [3.05, 3.63) is 59.2 Å². The van der Waals surface area contributed by atoms with Gasteiger partial charge in [-0.05, 0) is 55.0 Å². The molecule has 0 spiro atoms. The maximum Gasteiger partial charge on any atom is 0.0516 e. The van der Waals surface area contributed by atoms with Crippen LogP contribution in [0.1, 0.15) is 35.6 Å². The summed E-state index contributed by atoms with van der Waals surface area (Å²) in [6.45, 7) is 2.12. The third-order valence-electron chi connectivity index (χ3n) is 3.96. The molecule has 0 aliphatic heterocycles. The molecule has 0 saturated carbocycles. The van der Waals surface area contributed by atoms with Gasteiger partial charge in [0.1, 0.15) is 0 Å². The lowest BCUT2D eigenvalue weighted by molar-refractivity contribution is 0.600. The average molecular weight is 252 g/mol. The van der Waals surface area contributed by atoms with Crippen LogP contribution in [0.5, 0.6) is 0 Å². The van der Waals surface area contributed by atoms with E-state index >= 15 is 0 Å². The molecule has 2 nitrogen and oxygen atoms in total. The van der Waals surface area contributed by atoms with Gasteiger partial charge in [-0.3, -0.25) is 0 Å². The first-order valence-electron chi connectivity index (χ1n) is 6.94. The number of fused-ring (bicyclic) bond motifs is 1. The van der Waals surface area contributed by atoms with Crippen LogP contribution >= 0.6 is 0 Å². The SMILES string of the molecule is Cc1ccc(N)cc1NC1CCCc2ccccc21. The molecule has 0 amide bonds. The van der Waals surface area contributed by atoms with Crippen LogP contribution in [-0.4, -0.2) is 0 Å². The highest BCUT2D eigenvalue weighted by atomic mass is 14.9. The number of benzene rings is 2. The molecule has 3 rings (SSSR count). The summed E-state index contributed by atoms with van der Waals surface area (Å²) < 4.78 is 0. The summed E-state index contributed by atoms with van der Waals surface area (Å²) in [5.74, 6) is 0. The Kier molecular flexibility index (Phi) is 3.16. The van der Waals surface area contributed by atoms with E-state index in [2.05, 4.69) is 42.6 Å². The van der Waals surface area contributed by atoms with Crippen molar-refractivity contribution in [1.29, 1.82) is 0 Å². The van der Waals surface area contributed by atoms with Crippen LogP contribution < -0.4 is 11.1 Å². The number of hydrogen-bond donors (Lipinski definition) is 2. The molecule has 0 radical (unpaired) electrons. The Balaban J connectivity index is 1.90. The van der Waals surface area contributed by atoms with Gasteiger partial charge >= 0.3 is 0 Å². The third kappa shape index (κ3) is 2.43. The molecule has 1 aliphatic rings. The van der Waals surface area contributed by atoms with Crippen molar-refractivity contribution in [2.24, 2.45) is 0 Å². The fraction of sp³-hybridized carbons (Fsp3) is 0.294. The Morgan fingerprint density at radius 2 is 2.00 bits per heavy atom. The Bertz CT molecular complexity index is 590. The summed E-state index contributed by atoms with van der Waals surface area (Å²) in [6.07, 6.45) is 3.63. The molecule has 98 valence electrons. The van der Waals surface area contributed by atoms with Gasteiger partial charge in [0.2, 0.25) is 0 Å². The predicted octanol–water partition coefficient (Wildman–Crippen LogP) is 4.07. The first-order chi connectivity index (χ1) is 9.24. The maximum absolute atomic E-state index is 5.89. The van der Waals surface area contributed by atoms with Gasteiger partial charge < -0.3 is 11.1 Å². The number of hydrogen-bond acceptors (Lipinski definition) is 2. The van der Waals surface area contributed by atoms with Crippen LogP contribution in [0.25, 0.3) is 0 Å². The molecule has 2 aromatic carbocycles. The normalized spacial score (nSPS) is 17.8. The first kappa shape index (κ1) is 12.1. The lowest BCUT2D eigenvalue weighted by atomic mass is 9.87. The Hall–Kier alpha value is -1.96. The highest BCUT2D eigenvalue weighted by Gasteiger charge is 2.19. The lowest BCUT2D eigenvalue weighted by Crippen LogP contribution is -2.17. The molecular formula is C17H20N2. The highest BCUT2D eigenvalue weighted by molar-refractivity contribution is 5.60. The molecule has 0 saturated heterocycles. The minimum Gasteiger partial charge on any atom is -0.399 e. The summed E-state index contributed by atoms with van der Waals surface area (Å²) in [4.78, 5) is 0. The van der Waals surface area contributed by atoms with E-state index in [1.54, 1.807) is 0 Å². The van der Waals surface area contributed by atoms with Gasteiger partial charge in [0.25, 0.3) is 0 Å². The van der Waals surface area contributed by atoms with Crippen LogP contribution in [0.3, 0.4) is 0 Å². The van der Waals surface area contributed by atoms with Crippen molar-refractivity contribution >= 4 is 11.4 Å². The zero-order valence-corrected chi connectivity index (χ0v) is 11.3. The monoisotopic (exact) mass is 252 g/mol. The summed E-state index contributed by atoms with van der Waals surface area (Å²) in [5.41, 5.74) is 12.0. The van der Waals surface area contributed by atoms with E-state index < -0.39 is 0 Å². The predicted molar refractivity (Wildman–Crippen MR) is 81.3 cm³/mol. The number of rotatable bonds is 2.